The largest absolute Gasteiger partial charge is 0.490 e. The highest BCUT2D eigenvalue weighted by molar-refractivity contribution is 7.82. The molecule has 308 valence electrons. The highest BCUT2D eigenvalue weighted by atomic mass is 32.3. The van der Waals surface area contributed by atoms with Crippen molar-refractivity contribution in [3.8, 4) is 0 Å². The van der Waals surface area contributed by atoms with Crippen LogP contribution in [0.5, 0.6) is 0 Å². The smallest absolute Gasteiger partial charge is 0.303 e. The van der Waals surface area contributed by atoms with Crippen LogP contribution in [-0.2, 0) is 93.9 Å². The van der Waals surface area contributed by atoms with Gasteiger partial charge in [0, 0.05) is 0 Å². The van der Waals surface area contributed by atoms with E-state index in [1.54, 1.807) is 0 Å². The quantitative estimate of drug-likeness (QED) is 0.0353. The van der Waals surface area contributed by atoms with Crippen molar-refractivity contribution in [1.29, 1.82) is 0 Å². The van der Waals surface area contributed by atoms with Crippen molar-refractivity contribution in [2.75, 3.05) is 0 Å². The second-order valence-electron chi connectivity index (χ2n) is 8.68. The fraction of sp³-hybridized carbons (Fsp3) is 1.00. The van der Waals surface area contributed by atoms with Crippen LogP contribution in [0.25, 0.3) is 0 Å². The number of hydrogen-bond donors (Lipinski definition) is 13. The lowest BCUT2D eigenvalue weighted by Crippen LogP contribution is -2.41. The van der Waals surface area contributed by atoms with Gasteiger partial charge in [0.2, 0.25) is 0 Å². The lowest BCUT2D eigenvalue weighted by molar-refractivity contribution is 0.186. The first kappa shape index (κ1) is 52.5. The zero-order valence-corrected chi connectivity index (χ0v) is 34.8. The van der Waals surface area contributed by atoms with Crippen LogP contribution in [0.15, 0.2) is 0 Å². The van der Waals surface area contributed by atoms with Crippen LogP contribution in [-0.4, -0.2) is 88.8 Å². The van der Waals surface area contributed by atoms with Crippen LogP contribution in [0.4, 0.5) is 0 Å². The molecular formula is C5H25O34P9SSi2. The van der Waals surface area contributed by atoms with Gasteiger partial charge in [0.15, 0.2) is 0 Å². The van der Waals surface area contributed by atoms with E-state index in [-0.39, 0.29) is 0 Å². The van der Waals surface area contributed by atoms with E-state index in [0.717, 1.165) is 0 Å². The summed E-state index contributed by atoms with van der Waals surface area (Å²) in [6, 6.07) is -2.66. The van der Waals surface area contributed by atoms with E-state index in [1.165, 1.54) is 0 Å². The summed E-state index contributed by atoms with van der Waals surface area (Å²) in [5, 5.41) is 0. The molecule has 13 N–H and O–H groups in total. The van der Waals surface area contributed by atoms with E-state index in [4.69, 9.17) is 33.9 Å². The second kappa shape index (κ2) is 17.6. The van der Waals surface area contributed by atoms with Gasteiger partial charge in [-0.2, -0.15) is 34.3 Å². The molecule has 0 rings (SSSR count). The lowest BCUT2D eigenvalue weighted by Gasteiger charge is -2.31. The zero-order valence-electron chi connectivity index (χ0n) is 23.9. The molecule has 7 atom stereocenters. The summed E-state index contributed by atoms with van der Waals surface area (Å²) in [5.74, 6) is 0. The van der Waals surface area contributed by atoms with Gasteiger partial charge in [0.05, 0.1) is 0 Å². The summed E-state index contributed by atoms with van der Waals surface area (Å²) in [4.78, 5) is 109. The highest BCUT2D eigenvalue weighted by Crippen LogP contribution is 2.70. The summed E-state index contributed by atoms with van der Waals surface area (Å²) >= 11 is 0. The van der Waals surface area contributed by atoms with Crippen molar-refractivity contribution in [2.24, 2.45) is 0 Å². The molecule has 34 nitrogen and oxygen atoms in total. The van der Waals surface area contributed by atoms with Crippen molar-refractivity contribution < 1.29 is 155 Å². The molecular weight excluding hydrogens is 971 g/mol. The first-order valence-corrected chi connectivity index (χ1v) is 31.0. The minimum absolute atomic E-state index is 0.328. The van der Waals surface area contributed by atoms with E-state index in [0.29, 0.717) is 13.1 Å². The van der Waals surface area contributed by atoms with Crippen molar-refractivity contribution in [2.45, 2.75) is 31.6 Å². The van der Waals surface area contributed by atoms with Gasteiger partial charge in [-0.1, -0.05) is 0 Å². The predicted molar refractivity (Wildman–Crippen MR) is 155 cm³/mol. The fourth-order valence-electron chi connectivity index (χ4n) is 2.79. The maximum atomic E-state index is 12.5. The Labute approximate surface area is 284 Å². The van der Waals surface area contributed by atoms with Crippen LogP contribution in [0.3, 0.4) is 0 Å². The third kappa shape index (κ3) is 26.2. The van der Waals surface area contributed by atoms with E-state index in [9.17, 15) is 78.9 Å². The van der Waals surface area contributed by atoms with Gasteiger partial charge >= 0.3 is 97.9 Å². The van der Waals surface area contributed by atoms with Crippen molar-refractivity contribution in [1.82, 2.24) is 0 Å². The van der Waals surface area contributed by atoms with E-state index in [2.05, 4.69) is 42.4 Å². The van der Waals surface area contributed by atoms with Crippen LogP contribution in [0.1, 0.15) is 6.42 Å². The standard InChI is InChI=1S/C5H25O34P9SSi2/c1-50(36-46(21,22)33-43(15,16)30-40(6,7)8,37-47(23,24)34-44(17,18)31-41(9,10)11)4-3-5-51(2,39-49(27,28)29)38-48(25,26)35-45(19,20)32-42(12,13)14/h3-5H2,1-2H3,(H,15,16)(H,17,18)(H,19,20)(H,21,22)(H,23,24)(H,25,26)(H2,6,7,8)(H2,9,10,11)(H2,12,13,14)(H,27,28,29). The summed E-state index contributed by atoms with van der Waals surface area (Å²) in [6.07, 6.45) is -1.14. The van der Waals surface area contributed by atoms with Crippen LogP contribution < -0.4 is 0 Å². The molecule has 0 aliphatic carbocycles. The molecule has 0 aromatic rings. The Morgan fingerprint density at radius 3 is 0.902 bits per heavy atom. The molecule has 0 fully saturated rings. The Kier molecular flexibility index (Phi) is 18.1. The highest BCUT2D eigenvalue weighted by Gasteiger charge is 2.53. The van der Waals surface area contributed by atoms with E-state index in [1.807, 2.05) is 0 Å². The Morgan fingerprint density at radius 2 is 0.667 bits per heavy atom. The van der Waals surface area contributed by atoms with E-state index < -0.39 is 116 Å². The molecule has 46 heteroatoms. The van der Waals surface area contributed by atoms with Gasteiger partial charge in [0.25, 0.3) is 0 Å². The normalized spacial score (nSPS) is 23.2. The third-order valence-electron chi connectivity index (χ3n) is 3.72. The predicted octanol–water partition coefficient (Wildman–Crippen LogP) is 0.370. The van der Waals surface area contributed by atoms with Crippen LogP contribution in [0.2, 0.25) is 25.2 Å². The number of rotatable bonds is 24. The first-order chi connectivity index (χ1) is 21.8. The molecule has 0 aromatic heterocycles. The maximum Gasteiger partial charge on any atom is 0.490 e. The average molecular weight is 996 g/mol. The molecule has 51 heavy (non-hydrogen) atoms. The lowest BCUT2D eigenvalue weighted by atomic mass is 10.6. The van der Waals surface area contributed by atoms with Crippen LogP contribution >= 0.6 is 70.4 Å². The topological polar surface area (TPSA) is 543 Å². The van der Waals surface area contributed by atoms with Gasteiger partial charge in [-0.25, -0.2) is 41.1 Å². The molecule has 0 saturated heterocycles. The molecule has 0 radical (unpaired) electrons. The fourth-order valence-corrected chi connectivity index (χ4v) is 23.5. The third-order valence-corrected chi connectivity index (χ3v) is 25.9. The Morgan fingerprint density at radius 1 is 0.431 bits per heavy atom. The first-order valence-electron chi connectivity index (χ1n) is 11.0. The number of phosphoric acid groups is 9. The second-order valence-corrected chi connectivity index (χ2v) is 30.4. The molecule has 7 unspecified atom stereocenters. The maximum absolute atomic E-state index is 12.5. The summed E-state index contributed by atoms with van der Waals surface area (Å²) < 4.78 is 174. The average Bonchev–Trinajstić information content (AvgIpc) is 2.60. The molecule has 0 saturated carbocycles. The monoisotopic (exact) mass is 996 g/mol. The SMILES string of the molecule is C[Si](CCC[Si](C)(OP(=O)(O)OP(=O)(O)OP(=O)(O)O)OS(=O)(=O)O)(OP(=O)(O)OP(=O)(O)OP(=O)(O)O)OP(=O)(O)OP(=O)(O)OP(=O)(O)O. The van der Waals surface area contributed by atoms with Crippen LogP contribution in [0, 0.1) is 0 Å². The molecule has 0 aliphatic rings. The molecule has 0 heterocycles. The number of hydrogen-bond acceptors (Lipinski definition) is 21. The van der Waals surface area contributed by atoms with Gasteiger partial charge in [-0.05, 0) is 31.6 Å². The summed E-state index contributed by atoms with van der Waals surface area (Å²) in [5.41, 5.74) is 0. The molecule has 0 spiro atoms. The Hall–Kier alpha value is 1.53. The Balaban J connectivity index is 6.68. The minimum Gasteiger partial charge on any atom is -0.303 e. The van der Waals surface area contributed by atoms with E-state index >= 15 is 0 Å². The molecule has 0 amide bonds. The molecule has 0 aromatic carbocycles. The summed E-state index contributed by atoms with van der Waals surface area (Å²) in [6.45, 7) is 0.733. The van der Waals surface area contributed by atoms with Gasteiger partial charge < -0.3 is 71.4 Å². The van der Waals surface area contributed by atoms with Crippen molar-refractivity contribution in [3.05, 3.63) is 0 Å². The molecule has 0 aliphatic heterocycles. The van der Waals surface area contributed by atoms with Gasteiger partial charge in [-0.3, -0.25) is 8.42 Å². The zero-order chi connectivity index (χ0) is 41.2. The minimum atomic E-state index is -6.43. The van der Waals surface area contributed by atoms with Gasteiger partial charge in [-0.15, -0.1) is 0 Å². The van der Waals surface area contributed by atoms with Crippen molar-refractivity contribution >= 4 is 97.9 Å². The Bertz CT molecular complexity index is 1730. The van der Waals surface area contributed by atoms with Gasteiger partial charge in [0.1, 0.15) is 0 Å². The van der Waals surface area contributed by atoms with Crippen molar-refractivity contribution in [3.63, 3.8) is 0 Å². The summed E-state index contributed by atoms with van der Waals surface area (Å²) in [7, 11) is -72.7. The molecule has 0 bridgehead atoms.